The molecule has 5 heteroatoms. The minimum absolute atomic E-state index is 0.0428. The second-order valence-corrected chi connectivity index (χ2v) is 7.59. The molecule has 1 aromatic heterocycles. The molecule has 0 saturated heterocycles. The van der Waals surface area contributed by atoms with Crippen molar-refractivity contribution in [3.8, 4) is 5.75 Å². The smallest absolute Gasteiger partial charge is 0.275 e. The van der Waals surface area contributed by atoms with E-state index in [1.807, 2.05) is 44.4 Å². The maximum atomic E-state index is 12.6. The van der Waals surface area contributed by atoms with Crippen LogP contribution < -0.4 is 5.43 Å². The number of hydrazone groups is 1. The van der Waals surface area contributed by atoms with Gasteiger partial charge in [0.25, 0.3) is 5.91 Å². The molecule has 0 aliphatic heterocycles. The number of rotatable bonds is 6. The zero-order chi connectivity index (χ0) is 18.6. The van der Waals surface area contributed by atoms with E-state index in [2.05, 4.69) is 24.4 Å². The largest absolute Gasteiger partial charge is 0.507 e. The topological polar surface area (TPSA) is 61.7 Å². The van der Waals surface area contributed by atoms with Crippen molar-refractivity contribution in [2.45, 2.75) is 52.9 Å². The van der Waals surface area contributed by atoms with Gasteiger partial charge in [0, 0.05) is 0 Å². The van der Waals surface area contributed by atoms with E-state index < -0.39 is 0 Å². The number of benzene rings is 1. The molecule has 25 heavy (non-hydrogen) atoms. The van der Waals surface area contributed by atoms with Crippen LogP contribution in [-0.2, 0) is 0 Å². The summed E-state index contributed by atoms with van der Waals surface area (Å²) < 4.78 is 0. The molecule has 2 N–H and O–H groups in total. The molecule has 1 amide bonds. The molecular formula is C20H26N2O2S. The van der Waals surface area contributed by atoms with Gasteiger partial charge in [-0.1, -0.05) is 46.8 Å². The molecule has 1 aromatic carbocycles. The first kappa shape index (κ1) is 19.2. The number of aromatic hydroxyl groups is 1. The molecule has 0 bridgehead atoms. The highest BCUT2D eigenvalue weighted by atomic mass is 32.1. The molecule has 0 fully saturated rings. The van der Waals surface area contributed by atoms with Crippen LogP contribution in [0.15, 0.2) is 34.7 Å². The quantitative estimate of drug-likeness (QED) is 0.547. The maximum absolute atomic E-state index is 12.6. The van der Waals surface area contributed by atoms with Crippen molar-refractivity contribution in [3.63, 3.8) is 0 Å². The Balaban J connectivity index is 2.35. The molecular weight excluding hydrogens is 332 g/mol. The molecule has 0 radical (unpaired) electrons. The van der Waals surface area contributed by atoms with Gasteiger partial charge in [0.1, 0.15) is 5.75 Å². The van der Waals surface area contributed by atoms with E-state index in [0.717, 1.165) is 28.1 Å². The fourth-order valence-electron chi connectivity index (χ4n) is 2.56. The summed E-state index contributed by atoms with van der Waals surface area (Å²) in [7, 11) is 0. The van der Waals surface area contributed by atoms with Crippen LogP contribution in [0.5, 0.6) is 5.75 Å². The van der Waals surface area contributed by atoms with Crippen molar-refractivity contribution in [3.05, 3.63) is 51.2 Å². The Kier molecular flexibility index (Phi) is 6.37. The number of amides is 1. The van der Waals surface area contributed by atoms with Crippen molar-refractivity contribution in [1.82, 2.24) is 5.43 Å². The summed E-state index contributed by atoms with van der Waals surface area (Å²) in [6.45, 7) is 10.2. The summed E-state index contributed by atoms with van der Waals surface area (Å²) >= 11 is 1.59. The maximum Gasteiger partial charge on any atom is 0.275 e. The highest BCUT2D eigenvalue weighted by molar-refractivity contribution is 7.12. The molecule has 0 aliphatic carbocycles. The minimum Gasteiger partial charge on any atom is -0.507 e. The van der Waals surface area contributed by atoms with Gasteiger partial charge in [0.05, 0.1) is 16.2 Å². The van der Waals surface area contributed by atoms with Gasteiger partial charge in [-0.05, 0) is 46.9 Å². The average molecular weight is 359 g/mol. The number of phenols is 1. The Morgan fingerprint density at radius 2 is 1.96 bits per heavy atom. The zero-order valence-electron chi connectivity index (χ0n) is 15.5. The van der Waals surface area contributed by atoms with Crippen molar-refractivity contribution in [2.75, 3.05) is 0 Å². The lowest BCUT2D eigenvalue weighted by molar-refractivity contribution is 0.0952. The van der Waals surface area contributed by atoms with Gasteiger partial charge in [-0.25, -0.2) is 5.43 Å². The van der Waals surface area contributed by atoms with Gasteiger partial charge in [-0.3, -0.25) is 4.79 Å². The van der Waals surface area contributed by atoms with Crippen LogP contribution in [0.4, 0.5) is 0 Å². The van der Waals surface area contributed by atoms with E-state index in [4.69, 9.17) is 0 Å². The van der Waals surface area contributed by atoms with Gasteiger partial charge in [0.15, 0.2) is 0 Å². The Bertz CT molecular complexity index is 762. The van der Waals surface area contributed by atoms with Gasteiger partial charge < -0.3 is 5.11 Å². The number of carbonyl (C=O) groups excluding carboxylic acids is 1. The summed E-state index contributed by atoms with van der Waals surface area (Å²) in [6.07, 6.45) is 0.718. The summed E-state index contributed by atoms with van der Waals surface area (Å²) in [6, 6.07) is 7.67. The van der Waals surface area contributed by atoms with E-state index in [1.165, 1.54) is 0 Å². The van der Waals surface area contributed by atoms with E-state index >= 15 is 0 Å². The molecule has 2 aromatic rings. The third kappa shape index (κ3) is 4.48. The van der Waals surface area contributed by atoms with Crippen molar-refractivity contribution in [2.24, 2.45) is 5.10 Å². The third-order valence-corrected chi connectivity index (χ3v) is 5.05. The average Bonchev–Trinajstić information content (AvgIpc) is 3.09. The van der Waals surface area contributed by atoms with Crippen LogP contribution in [-0.4, -0.2) is 16.7 Å². The van der Waals surface area contributed by atoms with E-state index in [9.17, 15) is 9.90 Å². The highest BCUT2D eigenvalue weighted by Gasteiger charge is 2.19. The number of hydrogen-bond acceptors (Lipinski definition) is 4. The van der Waals surface area contributed by atoms with Gasteiger partial charge in [-0.15, -0.1) is 11.3 Å². The van der Waals surface area contributed by atoms with E-state index in [-0.39, 0.29) is 29.1 Å². The number of hydrogen-bond donors (Lipinski definition) is 2. The standard InChI is InChI=1S/C20H26N2O2S/c1-6-17(18-8-7-9-25-18)21-22-20(24)16-11-14(12(2)3)10-15(13(4)5)19(16)23/h7-13,23H,6H2,1-5H3,(H,22,24)/b21-17+. The Morgan fingerprint density at radius 1 is 1.24 bits per heavy atom. The number of thiophene rings is 1. The SMILES string of the molecule is CC/C(=N\NC(=O)c1cc(C(C)C)cc(C(C)C)c1O)c1cccs1. The second-order valence-electron chi connectivity index (χ2n) is 6.65. The van der Waals surface area contributed by atoms with E-state index in [1.54, 1.807) is 17.4 Å². The van der Waals surface area contributed by atoms with Crippen molar-refractivity contribution < 1.29 is 9.90 Å². The number of nitrogens with one attached hydrogen (secondary N) is 1. The summed E-state index contributed by atoms with van der Waals surface area (Å²) in [5, 5.41) is 16.8. The molecule has 1 heterocycles. The Labute approximate surface area is 153 Å². The minimum atomic E-state index is -0.385. The summed E-state index contributed by atoms with van der Waals surface area (Å²) in [5.41, 5.74) is 5.53. The molecule has 134 valence electrons. The molecule has 0 spiro atoms. The normalized spacial score (nSPS) is 12.0. The van der Waals surface area contributed by atoms with Crippen LogP contribution in [0.2, 0.25) is 0 Å². The first-order chi connectivity index (χ1) is 11.8. The zero-order valence-corrected chi connectivity index (χ0v) is 16.3. The Hall–Kier alpha value is -2.14. The predicted molar refractivity (Wildman–Crippen MR) is 105 cm³/mol. The summed E-state index contributed by atoms with van der Waals surface area (Å²) in [5.74, 6) is 0.0576. The van der Waals surface area contributed by atoms with Gasteiger partial charge >= 0.3 is 0 Å². The lowest BCUT2D eigenvalue weighted by atomic mass is 9.92. The lowest BCUT2D eigenvalue weighted by Crippen LogP contribution is -2.20. The lowest BCUT2D eigenvalue weighted by Gasteiger charge is -2.16. The van der Waals surface area contributed by atoms with Crippen LogP contribution in [0.1, 0.15) is 79.2 Å². The van der Waals surface area contributed by atoms with Crippen LogP contribution in [0, 0.1) is 0 Å². The molecule has 2 rings (SSSR count). The molecule has 4 nitrogen and oxygen atoms in total. The molecule has 0 unspecified atom stereocenters. The van der Waals surface area contributed by atoms with Gasteiger partial charge in [0.2, 0.25) is 0 Å². The Morgan fingerprint density at radius 3 is 2.48 bits per heavy atom. The van der Waals surface area contributed by atoms with Crippen molar-refractivity contribution >= 4 is 23.0 Å². The third-order valence-electron chi connectivity index (χ3n) is 4.13. The van der Waals surface area contributed by atoms with E-state index in [0.29, 0.717) is 0 Å². The first-order valence-electron chi connectivity index (χ1n) is 8.62. The van der Waals surface area contributed by atoms with Crippen molar-refractivity contribution in [1.29, 1.82) is 0 Å². The second kappa shape index (κ2) is 8.30. The number of nitrogens with zero attached hydrogens (tertiary/aromatic N) is 1. The first-order valence-corrected chi connectivity index (χ1v) is 9.50. The number of carbonyl (C=O) groups is 1. The predicted octanol–water partition coefficient (Wildman–Crippen LogP) is 5.24. The monoisotopic (exact) mass is 358 g/mol. The molecule has 0 saturated carbocycles. The summed E-state index contributed by atoms with van der Waals surface area (Å²) in [4.78, 5) is 13.7. The van der Waals surface area contributed by atoms with Crippen LogP contribution >= 0.6 is 11.3 Å². The molecule has 0 aliphatic rings. The fourth-order valence-corrected chi connectivity index (χ4v) is 3.34. The molecule has 0 atom stereocenters. The van der Waals surface area contributed by atoms with Crippen LogP contribution in [0.25, 0.3) is 0 Å². The van der Waals surface area contributed by atoms with Crippen LogP contribution in [0.3, 0.4) is 0 Å². The van der Waals surface area contributed by atoms with Gasteiger partial charge in [-0.2, -0.15) is 5.10 Å². The number of phenolic OH excluding ortho intramolecular Hbond substituents is 1. The fraction of sp³-hybridized carbons (Fsp3) is 0.400. The highest BCUT2D eigenvalue weighted by Crippen LogP contribution is 2.33.